The molecule has 0 spiro atoms. The number of hydrogen-bond acceptors (Lipinski definition) is 3. The molecule has 0 amide bonds. The number of hydrogen-bond donors (Lipinski definition) is 2. The summed E-state index contributed by atoms with van der Waals surface area (Å²) in [4.78, 5) is 4.44. The Morgan fingerprint density at radius 1 is 0.840 bits per heavy atom. The lowest BCUT2D eigenvalue weighted by atomic mass is 9.88. The van der Waals surface area contributed by atoms with Crippen molar-refractivity contribution in [2.24, 2.45) is 0 Å². The number of halogens is 1. The van der Waals surface area contributed by atoms with Gasteiger partial charge in [0.05, 0.1) is 5.52 Å². The largest absolute Gasteiger partial charge is 0.382 e. The first-order valence-corrected chi connectivity index (χ1v) is 10.2. The molecule has 0 bridgehead atoms. The van der Waals surface area contributed by atoms with Gasteiger partial charge >= 0.3 is 0 Å². The highest BCUT2D eigenvalue weighted by Crippen LogP contribution is 2.29. The van der Waals surface area contributed by atoms with Crippen LogP contribution >= 0.6 is 11.6 Å². The highest BCUT2D eigenvalue weighted by molar-refractivity contribution is 6.31. The Morgan fingerprint density at radius 2 is 1.56 bits per heavy atom. The van der Waals surface area contributed by atoms with Gasteiger partial charge in [-0.15, -0.1) is 0 Å². The smallest absolute Gasteiger partial charge is 0.0737 e. The molecular weight excluding hydrogens is 330 g/mol. The molecule has 1 aromatic carbocycles. The fourth-order valence-corrected chi connectivity index (χ4v) is 4.64. The van der Waals surface area contributed by atoms with Crippen LogP contribution in [0, 0.1) is 0 Å². The molecule has 2 aliphatic rings. The normalized spacial score (nSPS) is 25.2. The van der Waals surface area contributed by atoms with Gasteiger partial charge < -0.3 is 10.6 Å². The molecule has 1 heterocycles. The van der Waals surface area contributed by atoms with Crippen molar-refractivity contribution in [3.63, 3.8) is 0 Å². The van der Waals surface area contributed by atoms with E-state index >= 15 is 0 Å². The van der Waals surface area contributed by atoms with Crippen LogP contribution in [-0.4, -0.2) is 23.1 Å². The van der Waals surface area contributed by atoms with E-state index in [1.165, 1.54) is 63.5 Å². The van der Waals surface area contributed by atoms with Gasteiger partial charge in [0, 0.05) is 40.4 Å². The van der Waals surface area contributed by atoms with E-state index in [1.807, 2.05) is 18.3 Å². The van der Waals surface area contributed by atoms with E-state index in [-0.39, 0.29) is 0 Å². The summed E-state index contributed by atoms with van der Waals surface area (Å²) in [7, 11) is 0. The highest BCUT2D eigenvalue weighted by Gasteiger charge is 2.24. The van der Waals surface area contributed by atoms with E-state index in [2.05, 4.69) is 27.8 Å². The minimum absolute atomic E-state index is 0.561. The van der Waals surface area contributed by atoms with Crippen LogP contribution in [0.5, 0.6) is 0 Å². The number of rotatable bonds is 4. The Bertz CT molecular complexity index is 703. The summed E-state index contributed by atoms with van der Waals surface area (Å²) in [6, 6.07) is 10.1. The Labute approximate surface area is 155 Å². The SMILES string of the molecule is Clc1ccc2c(NC3CCC(NC4CCCCC4)CC3)ccnc2c1. The molecule has 4 heteroatoms. The molecule has 2 saturated carbocycles. The second kappa shape index (κ2) is 7.92. The van der Waals surface area contributed by atoms with Gasteiger partial charge in [-0.05, 0) is 62.8 Å². The van der Waals surface area contributed by atoms with Crippen LogP contribution in [0.2, 0.25) is 5.02 Å². The van der Waals surface area contributed by atoms with Crippen molar-refractivity contribution in [3.05, 3.63) is 35.5 Å². The molecule has 0 atom stereocenters. The molecule has 134 valence electrons. The van der Waals surface area contributed by atoms with Crippen molar-refractivity contribution < 1.29 is 0 Å². The zero-order valence-corrected chi connectivity index (χ0v) is 15.6. The summed E-state index contributed by atoms with van der Waals surface area (Å²) >= 11 is 6.09. The summed E-state index contributed by atoms with van der Waals surface area (Å²) in [5, 5.41) is 9.59. The number of nitrogens with zero attached hydrogens (tertiary/aromatic N) is 1. The lowest BCUT2D eigenvalue weighted by molar-refractivity contribution is 0.283. The fraction of sp³-hybridized carbons (Fsp3) is 0.571. The zero-order chi connectivity index (χ0) is 17.1. The molecule has 0 radical (unpaired) electrons. The first-order chi connectivity index (χ1) is 12.3. The molecule has 2 N–H and O–H groups in total. The molecule has 0 aliphatic heterocycles. The minimum atomic E-state index is 0.561. The maximum atomic E-state index is 6.09. The maximum Gasteiger partial charge on any atom is 0.0737 e. The number of benzene rings is 1. The number of pyridine rings is 1. The van der Waals surface area contributed by atoms with E-state index in [4.69, 9.17) is 11.6 Å². The number of fused-ring (bicyclic) bond motifs is 1. The predicted molar refractivity (Wildman–Crippen MR) is 106 cm³/mol. The molecule has 0 unspecified atom stereocenters. The topological polar surface area (TPSA) is 37.0 Å². The van der Waals surface area contributed by atoms with Gasteiger partial charge in [0.15, 0.2) is 0 Å². The van der Waals surface area contributed by atoms with Gasteiger partial charge in [0.25, 0.3) is 0 Å². The van der Waals surface area contributed by atoms with Crippen LogP contribution in [0.1, 0.15) is 57.8 Å². The second-order valence-electron chi connectivity index (χ2n) is 7.71. The first-order valence-electron chi connectivity index (χ1n) is 9.85. The fourth-order valence-electron chi connectivity index (χ4n) is 4.47. The van der Waals surface area contributed by atoms with Crippen molar-refractivity contribution >= 4 is 28.2 Å². The molecule has 2 fully saturated rings. The van der Waals surface area contributed by atoms with Crippen LogP contribution in [-0.2, 0) is 0 Å². The lowest BCUT2D eigenvalue weighted by Gasteiger charge is -2.34. The van der Waals surface area contributed by atoms with E-state index in [0.29, 0.717) is 12.1 Å². The predicted octanol–water partition coefficient (Wildman–Crippen LogP) is 5.53. The average molecular weight is 358 g/mol. The van der Waals surface area contributed by atoms with Crippen molar-refractivity contribution in [2.75, 3.05) is 5.32 Å². The Kier molecular flexibility index (Phi) is 5.42. The molecule has 4 rings (SSSR count). The van der Waals surface area contributed by atoms with Gasteiger partial charge in [-0.25, -0.2) is 0 Å². The zero-order valence-electron chi connectivity index (χ0n) is 14.8. The van der Waals surface area contributed by atoms with Gasteiger partial charge in [-0.1, -0.05) is 30.9 Å². The van der Waals surface area contributed by atoms with Crippen LogP contribution in [0.15, 0.2) is 30.5 Å². The van der Waals surface area contributed by atoms with Crippen molar-refractivity contribution in [3.8, 4) is 0 Å². The summed E-state index contributed by atoms with van der Waals surface area (Å²) < 4.78 is 0. The minimum Gasteiger partial charge on any atom is -0.382 e. The summed E-state index contributed by atoms with van der Waals surface area (Å²) in [5.41, 5.74) is 2.15. The molecule has 2 aromatic rings. The van der Waals surface area contributed by atoms with Crippen LogP contribution in [0.4, 0.5) is 5.69 Å². The standard InChI is InChI=1S/C21H28ClN3/c22-15-6-11-19-20(12-13-23-21(19)14-15)25-18-9-7-17(8-10-18)24-16-4-2-1-3-5-16/h6,11-14,16-18,24H,1-5,7-10H2,(H,23,25). The van der Waals surface area contributed by atoms with Crippen LogP contribution in [0.25, 0.3) is 10.9 Å². The Balaban J connectivity index is 1.34. The molecule has 2 aliphatic carbocycles. The van der Waals surface area contributed by atoms with Gasteiger partial charge in [0.1, 0.15) is 0 Å². The summed E-state index contributed by atoms with van der Waals surface area (Å²) in [5.74, 6) is 0. The molecule has 3 nitrogen and oxygen atoms in total. The average Bonchev–Trinajstić information content (AvgIpc) is 2.64. The van der Waals surface area contributed by atoms with E-state index in [0.717, 1.165) is 22.0 Å². The molecule has 1 aromatic heterocycles. The third-order valence-electron chi connectivity index (χ3n) is 5.87. The third-order valence-corrected chi connectivity index (χ3v) is 6.10. The molecular formula is C21H28ClN3. The van der Waals surface area contributed by atoms with Crippen molar-refractivity contribution in [1.82, 2.24) is 10.3 Å². The van der Waals surface area contributed by atoms with Crippen molar-refractivity contribution in [1.29, 1.82) is 0 Å². The summed E-state index contributed by atoms with van der Waals surface area (Å²) in [6.45, 7) is 0. The number of aromatic nitrogens is 1. The summed E-state index contributed by atoms with van der Waals surface area (Å²) in [6.07, 6.45) is 13.9. The van der Waals surface area contributed by atoms with E-state index in [9.17, 15) is 0 Å². The molecule has 0 saturated heterocycles. The molecule has 25 heavy (non-hydrogen) atoms. The first kappa shape index (κ1) is 17.1. The quantitative estimate of drug-likeness (QED) is 0.754. The second-order valence-corrected chi connectivity index (χ2v) is 8.15. The van der Waals surface area contributed by atoms with E-state index < -0.39 is 0 Å². The lowest BCUT2D eigenvalue weighted by Crippen LogP contribution is -2.43. The van der Waals surface area contributed by atoms with Crippen LogP contribution < -0.4 is 10.6 Å². The van der Waals surface area contributed by atoms with Gasteiger partial charge in [-0.2, -0.15) is 0 Å². The third kappa shape index (κ3) is 4.27. The highest BCUT2D eigenvalue weighted by atomic mass is 35.5. The van der Waals surface area contributed by atoms with Gasteiger partial charge in [-0.3, -0.25) is 4.98 Å². The van der Waals surface area contributed by atoms with Crippen LogP contribution in [0.3, 0.4) is 0 Å². The number of anilines is 1. The van der Waals surface area contributed by atoms with Gasteiger partial charge in [0.2, 0.25) is 0 Å². The Morgan fingerprint density at radius 3 is 2.36 bits per heavy atom. The van der Waals surface area contributed by atoms with Crippen molar-refractivity contribution in [2.45, 2.75) is 75.9 Å². The Hall–Kier alpha value is -1.32. The number of nitrogens with one attached hydrogen (secondary N) is 2. The van der Waals surface area contributed by atoms with E-state index in [1.54, 1.807) is 0 Å². The monoisotopic (exact) mass is 357 g/mol. The maximum absolute atomic E-state index is 6.09.